The van der Waals surface area contributed by atoms with Crippen molar-refractivity contribution in [3.8, 4) is 0 Å². The minimum absolute atomic E-state index is 0.135. The quantitative estimate of drug-likeness (QED) is 0.0195. The molecule has 0 aromatic rings. The van der Waals surface area contributed by atoms with E-state index >= 15 is 0 Å². The lowest BCUT2D eigenvalue weighted by molar-refractivity contribution is -0.870. The number of unbranched alkanes of at least 4 members (excludes halogenated alkanes) is 18. The minimum atomic E-state index is -1.64. The summed E-state index contributed by atoms with van der Waals surface area (Å²) >= 11 is 0. The van der Waals surface area contributed by atoms with Crippen molar-refractivity contribution >= 4 is 17.9 Å². The van der Waals surface area contributed by atoms with Crippen molar-refractivity contribution in [3.05, 3.63) is 146 Å². The monoisotopic (exact) mass is 1120 g/mol. The molecule has 0 aliphatic carbocycles. The fourth-order valence-corrected chi connectivity index (χ4v) is 8.25. The Hall–Kier alpha value is -4.83. The molecule has 0 saturated carbocycles. The fraction of sp³-hybridized carbons (Fsp3) is 0.625. The molecule has 0 radical (unpaired) electrons. The molecule has 0 rings (SSSR count). The number of hydrogen-bond acceptors (Lipinski definition) is 8. The zero-order chi connectivity index (χ0) is 59.1. The zero-order valence-electron chi connectivity index (χ0n) is 52.1. The van der Waals surface area contributed by atoms with Crippen LogP contribution < -0.4 is 5.11 Å². The van der Waals surface area contributed by atoms with E-state index in [1.807, 2.05) is 21.1 Å². The molecule has 0 spiro atoms. The summed E-state index contributed by atoms with van der Waals surface area (Å²) in [4.78, 5) is 37.4. The molecule has 458 valence electrons. The summed E-state index contributed by atoms with van der Waals surface area (Å²) in [6.45, 7) is 4.47. The van der Waals surface area contributed by atoms with Crippen molar-refractivity contribution in [1.29, 1.82) is 0 Å². The van der Waals surface area contributed by atoms with Gasteiger partial charge in [0.05, 0.1) is 40.3 Å². The summed E-state index contributed by atoms with van der Waals surface area (Å²) in [6, 6.07) is 0. The molecule has 0 heterocycles. The summed E-state index contributed by atoms with van der Waals surface area (Å²) in [5.74, 6) is -2.34. The van der Waals surface area contributed by atoms with Crippen molar-refractivity contribution in [2.24, 2.45) is 0 Å². The third kappa shape index (κ3) is 62.6. The minimum Gasteiger partial charge on any atom is -0.545 e. The van der Waals surface area contributed by atoms with E-state index in [9.17, 15) is 19.5 Å². The Morgan fingerprint density at radius 3 is 1.00 bits per heavy atom. The highest BCUT2D eigenvalue weighted by Crippen LogP contribution is 2.16. The van der Waals surface area contributed by atoms with Crippen LogP contribution in [0.25, 0.3) is 0 Å². The number of nitrogens with zero attached hydrogens (tertiary/aromatic N) is 1. The molecular weight excluding hydrogens is 1010 g/mol. The van der Waals surface area contributed by atoms with E-state index in [0.717, 1.165) is 116 Å². The standard InChI is InChI=1S/C72H117NO8/c1-6-8-10-12-14-16-18-20-22-24-26-27-28-29-30-31-32-33-34-35-36-37-38-39-40-41-42-43-45-47-49-51-53-55-57-59-61-63-70(75)81-68(67-80-72(71(76)77)78-65-64-73(3,4)5)66-79-69(74)62-60-58-56-54-52-50-48-46-44-25-23-21-19-17-15-13-11-9-7-2/h8-11,14-17,20-23,26-27,29-30,32-33,35-36,44,46,50,52,68,72H,6-7,12-13,18-19,24-25,28,31,34,37-43,45,47-49,51,53-67H2,1-5H3/b10-8-,11-9-,16-14-,17-15-,22-20-,23-21-,27-26-,30-29-,33-32-,36-35-,46-44-,52-50-. The second-order valence-corrected chi connectivity index (χ2v) is 21.9. The zero-order valence-corrected chi connectivity index (χ0v) is 52.1. The van der Waals surface area contributed by atoms with Gasteiger partial charge < -0.3 is 33.3 Å². The first-order chi connectivity index (χ1) is 39.6. The fourth-order valence-electron chi connectivity index (χ4n) is 8.25. The van der Waals surface area contributed by atoms with E-state index in [1.165, 1.54) is 77.0 Å². The number of ether oxygens (including phenoxy) is 4. The van der Waals surface area contributed by atoms with Crippen LogP contribution in [0.2, 0.25) is 0 Å². The summed E-state index contributed by atoms with van der Waals surface area (Å²) in [5.41, 5.74) is 0. The number of esters is 2. The van der Waals surface area contributed by atoms with E-state index in [1.54, 1.807) is 0 Å². The van der Waals surface area contributed by atoms with Gasteiger partial charge in [0.25, 0.3) is 0 Å². The molecule has 0 aromatic heterocycles. The predicted octanol–water partition coefficient (Wildman–Crippen LogP) is 18.2. The van der Waals surface area contributed by atoms with Crippen LogP contribution in [0.5, 0.6) is 0 Å². The second kappa shape index (κ2) is 61.2. The highest BCUT2D eigenvalue weighted by atomic mass is 16.7. The van der Waals surface area contributed by atoms with Crippen LogP contribution in [0.15, 0.2) is 146 Å². The second-order valence-electron chi connectivity index (χ2n) is 21.9. The number of allylic oxidation sites excluding steroid dienone is 24. The van der Waals surface area contributed by atoms with Gasteiger partial charge >= 0.3 is 11.9 Å². The number of hydrogen-bond donors (Lipinski definition) is 0. The number of aliphatic carboxylic acids is 1. The number of likely N-dealkylation sites (N-methyl/N-ethyl adjacent to an activating group) is 1. The van der Waals surface area contributed by atoms with Crippen LogP contribution >= 0.6 is 0 Å². The molecule has 0 aromatic carbocycles. The molecule has 2 atom stereocenters. The predicted molar refractivity (Wildman–Crippen MR) is 342 cm³/mol. The van der Waals surface area contributed by atoms with E-state index < -0.39 is 30.3 Å². The molecule has 0 aliphatic heterocycles. The lowest BCUT2D eigenvalue weighted by Gasteiger charge is -2.26. The SMILES string of the molecule is CC/C=C\C/C=C\C/C=C\C/C=C\C/C=C\C/C=C\C/C=C\CCCCCCCCCCCCCCCCCC(=O)OC(COC(=O)CCCCC/C=C\C/C=C\C/C=C\C/C=C\C/C=C\CC)COC(OCC[N+](C)(C)C)C(=O)[O-]. The van der Waals surface area contributed by atoms with Gasteiger partial charge in [-0.15, -0.1) is 0 Å². The number of carbonyl (C=O) groups excluding carboxylic acids is 3. The number of quaternary nitrogens is 1. The third-order valence-corrected chi connectivity index (χ3v) is 13.1. The van der Waals surface area contributed by atoms with Crippen molar-refractivity contribution in [1.82, 2.24) is 0 Å². The van der Waals surface area contributed by atoms with Crippen molar-refractivity contribution in [2.45, 2.75) is 245 Å². The Morgan fingerprint density at radius 1 is 0.370 bits per heavy atom. The van der Waals surface area contributed by atoms with Gasteiger partial charge in [0, 0.05) is 12.8 Å². The maximum atomic E-state index is 12.9. The molecule has 0 fully saturated rings. The van der Waals surface area contributed by atoms with E-state index in [0.29, 0.717) is 23.9 Å². The van der Waals surface area contributed by atoms with Gasteiger partial charge in [0.1, 0.15) is 13.2 Å². The van der Waals surface area contributed by atoms with Gasteiger partial charge in [0.2, 0.25) is 0 Å². The maximum absolute atomic E-state index is 12.9. The highest BCUT2D eigenvalue weighted by Gasteiger charge is 2.22. The maximum Gasteiger partial charge on any atom is 0.306 e. The molecule has 9 nitrogen and oxygen atoms in total. The number of carbonyl (C=O) groups is 3. The van der Waals surface area contributed by atoms with Gasteiger partial charge in [0.15, 0.2) is 12.4 Å². The van der Waals surface area contributed by atoms with Crippen molar-refractivity contribution in [2.75, 3.05) is 47.5 Å². The van der Waals surface area contributed by atoms with Gasteiger partial charge in [-0.3, -0.25) is 9.59 Å². The molecule has 81 heavy (non-hydrogen) atoms. The Labute approximate surface area is 496 Å². The average molecular weight is 1120 g/mol. The number of rotatable bonds is 57. The Morgan fingerprint density at radius 2 is 0.667 bits per heavy atom. The Kier molecular flexibility index (Phi) is 57.6. The molecule has 0 aliphatic rings. The molecule has 0 bridgehead atoms. The van der Waals surface area contributed by atoms with E-state index in [4.69, 9.17) is 18.9 Å². The molecule has 0 N–H and O–H groups in total. The van der Waals surface area contributed by atoms with Crippen LogP contribution in [-0.2, 0) is 33.3 Å². The van der Waals surface area contributed by atoms with Gasteiger partial charge in [-0.1, -0.05) is 250 Å². The average Bonchev–Trinajstić information content (AvgIpc) is 3.44. The lowest BCUT2D eigenvalue weighted by Crippen LogP contribution is -2.44. The van der Waals surface area contributed by atoms with Crippen LogP contribution in [0.3, 0.4) is 0 Å². The van der Waals surface area contributed by atoms with Gasteiger partial charge in [-0.05, 0) is 116 Å². The summed E-state index contributed by atoms with van der Waals surface area (Å²) in [5, 5.41) is 11.8. The van der Waals surface area contributed by atoms with Crippen LogP contribution in [0, 0.1) is 0 Å². The van der Waals surface area contributed by atoms with Crippen LogP contribution in [-0.4, -0.2) is 82.3 Å². The van der Waals surface area contributed by atoms with Crippen LogP contribution in [0.1, 0.15) is 232 Å². The van der Waals surface area contributed by atoms with Crippen molar-refractivity contribution in [3.63, 3.8) is 0 Å². The summed E-state index contributed by atoms with van der Waals surface area (Å²) in [6.07, 6.45) is 86.3. The molecule has 0 amide bonds. The molecule has 2 unspecified atom stereocenters. The summed E-state index contributed by atoms with van der Waals surface area (Å²) in [7, 11) is 5.91. The third-order valence-electron chi connectivity index (χ3n) is 13.1. The van der Waals surface area contributed by atoms with E-state index in [2.05, 4.69) is 160 Å². The normalized spacial score (nSPS) is 13.7. The summed E-state index contributed by atoms with van der Waals surface area (Å²) < 4.78 is 22.7. The van der Waals surface area contributed by atoms with Gasteiger partial charge in [-0.2, -0.15) is 0 Å². The number of carboxylic acids is 1. The largest absolute Gasteiger partial charge is 0.545 e. The Bertz CT molecular complexity index is 1840. The molecular formula is C72H117NO8. The van der Waals surface area contributed by atoms with Crippen LogP contribution in [0.4, 0.5) is 0 Å². The molecule has 0 saturated heterocycles. The smallest absolute Gasteiger partial charge is 0.306 e. The highest BCUT2D eigenvalue weighted by molar-refractivity contribution is 5.70. The van der Waals surface area contributed by atoms with Gasteiger partial charge in [-0.25, -0.2) is 0 Å². The lowest BCUT2D eigenvalue weighted by atomic mass is 10.0. The Balaban J connectivity index is 4.17. The van der Waals surface area contributed by atoms with E-state index in [-0.39, 0.29) is 32.7 Å². The molecule has 9 heteroatoms. The first-order valence-corrected chi connectivity index (χ1v) is 32.0. The first kappa shape index (κ1) is 76.2. The first-order valence-electron chi connectivity index (χ1n) is 32.0. The number of carboxylic acid groups (broad SMARTS) is 1. The topological polar surface area (TPSA) is 111 Å². The van der Waals surface area contributed by atoms with Crippen molar-refractivity contribution < 1.29 is 42.9 Å².